The van der Waals surface area contributed by atoms with E-state index in [0.29, 0.717) is 32.2 Å². The molecular weight excluding hydrogens is 294 g/mol. The van der Waals surface area contributed by atoms with Crippen LogP contribution in [0.3, 0.4) is 0 Å². The molecule has 2 fully saturated rings. The molecule has 0 aromatic heterocycles. The van der Waals surface area contributed by atoms with Gasteiger partial charge >= 0.3 is 0 Å². The van der Waals surface area contributed by atoms with Crippen LogP contribution in [0.15, 0.2) is 18.2 Å². The second-order valence-corrected chi connectivity index (χ2v) is 6.51. The van der Waals surface area contributed by atoms with Crippen LogP contribution in [0.2, 0.25) is 0 Å². The highest BCUT2D eigenvalue weighted by Gasteiger charge is 2.40. The number of piperidine rings is 1. The fourth-order valence-corrected chi connectivity index (χ4v) is 3.34. The Kier molecular flexibility index (Phi) is 4.60. The van der Waals surface area contributed by atoms with Gasteiger partial charge in [0.05, 0.1) is 20.3 Å². The number of methoxy groups -OCH3 is 1. The predicted octanol–water partition coefficient (Wildman–Crippen LogP) is 2.80. The summed E-state index contributed by atoms with van der Waals surface area (Å²) < 4.78 is 16.8. The number of carbonyl (C=O) groups is 1. The molecule has 23 heavy (non-hydrogen) atoms. The van der Waals surface area contributed by atoms with Crippen LogP contribution in [0.25, 0.3) is 0 Å². The molecule has 0 atom stereocenters. The van der Waals surface area contributed by atoms with Crippen molar-refractivity contribution >= 4 is 5.91 Å². The number of likely N-dealkylation sites (tertiary alicyclic amines) is 1. The summed E-state index contributed by atoms with van der Waals surface area (Å²) in [5, 5.41) is 0. The topological polar surface area (TPSA) is 48.0 Å². The number of amides is 1. The van der Waals surface area contributed by atoms with Crippen molar-refractivity contribution in [3.05, 3.63) is 29.3 Å². The molecule has 1 aromatic carbocycles. The number of carbonyl (C=O) groups excluding carboxylic acids is 1. The van der Waals surface area contributed by atoms with E-state index >= 15 is 0 Å². The van der Waals surface area contributed by atoms with Gasteiger partial charge in [-0.25, -0.2) is 0 Å². The minimum atomic E-state index is -0.445. The summed E-state index contributed by atoms with van der Waals surface area (Å²) in [5.41, 5.74) is 1.79. The Morgan fingerprint density at radius 2 is 1.87 bits per heavy atom. The third-order valence-corrected chi connectivity index (χ3v) is 4.72. The fourth-order valence-electron chi connectivity index (χ4n) is 3.34. The standard InChI is InChI=1S/C18H25NO4/c1-13(2)15-12-14(4-5-16(15)21-3)17(20)19-8-6-18(7-9-19)22-10-11-23-18/h4-5,12-13H,6-11H2,1-3H3. The van der Waals surface area contributed by atoms with Gasteiger partial charge in [0, 0.05) is 31.5 Å². The number of hydrogen-bond acceptors (Lipinski definition) is 4. The number of nitrogens with zero attached hydrogens (tertiary/aromatic N) is 1. The Bertz CT molecular complexity index is 568. The first-order chi connectivity index (χ1) is 11.0. The summed E-state index contributed by atoms with van der Waals surface area (Å²) in [6.45, 7) is 6.86. The Morgan fingerprint density at radius 1 is 1.22 bits per heavy atom. The Morgan fingerprint density at radius 3 is 2.43 bits per heavy atom. The van der Waals surface area contributed by atoms with Gasteiger partial charge < -0.3 is 19.1 Å². The molecule has 0 bridgehead atoms. The zero-order valence-corrected chi connectivity index (χ0v) is 14.1. The molecule has 5 nitrogen and oxygen atoms in total. The molecule has 5 heteroatoms. The summed E-state index contributed by atoms with van der Waals surface area (Å²) >= 11 is 0. The first-order valence-electron chi connectivity index (χ1n) is 8.30. The van der Waals surface area contributed by atoms with Crippen molar-refractivity contribution in [2.45, 2.75) is 38.4 Å². The maximum atomic E-state index is 12.8. The molecular formula is C18H25NO4. The average Bonchev–Trinajstić information content (AvgIpc) is 3.02. The third-order valence-electron chi connectivity index (χ3n) is 4.72. The second kappa shape index (κ2) is 6.49. The van der Waals surface area contributed by atoms with Gasteiger partial charge in [0.15, 0.2) is 5.79 Å². The molecule has 2 aliphatic heterocycles. The summed E-state index contributed by atoms with van der Waals surface area (Å²) in [6, 6.07) is 5.69. The van der Waals surface area contributed by atoms with Crippen LogP contribution < -0.4 is 4.74 Å². The van der Waals surface area contributed by atoms with Gasteiger partial charge in [-0.05, 0) is 29.7 Å². The van der Waals surface area contributed by atoms with Gasteiger partial charge in [-0.1, -0.05) is 13.8 Å². The number of hydrogen-bond donors (Lipinski definition) is 0. The molecule has 2 aliphatic rings. The molecule has 0 radical (unpaired) electrons. The lowest BCUT2D eigenvalue weighted by Crippen LogP contribution is -2.47. The fraction of sp³-hybridized carbons (Fsp3) is 0.611. The quantitative estimate of drug-likeness (QED) is 0.859. The van der Waals surface area contributed by atoms with Crippen molar-refractivity contribution in [3.8, 4) is 5.75 Å². The van der Waals surface area contributed by atoms with E-state index in [1.807, 2.05) is 23.1 Å². The highest BCUT2D eigenvalue weighted by atomic mass is 16.7. The maximum Gasteiger partial charge on any atom is 0.253 e. The minimum Gasteiger partial charge on any atom is -0.496 e. The van der Waals surface area contributed by atoms with Crippen LogP contribution in [-0.4, -0.2) is 50.0 Å². The summed E-state index contributed by atoms with van der Waals surface area (Å²) in [7, 11) is 1.66. The molecule has 126 valence electrons. The first kappa shape index (κ1) is 16.3. The zero-order chi connectivity index (χ0) is 16.4. The van der Waals surface area contributed by atoms with Crippen LogP contribution in [0.4, 0.5) is 0 Å². The molecule has 0 saturated carbocycles. The normalized spacial score (nSPS) is 20.3. The number of ether oxygens (including phenoxy) is 3. The van der Waals surface area contributed by atoms with Crippen molar-refractivity contribution < 1.29 is 19.0 Å². The van der Waals surface area contributed by atoms with E-state index in [-0.39, 0.29) is 5.91 Å². The Hall–Kier alpha value is -1.59. The van der Waals surface area contributed by atoms with Crippen LogP contribution in [-0.2, 0) is 9.47 Å². The van der Waals surface area contributed by atoms with Gasteiger partial charge in [0.2, 0.25) is 0 Å². The van der Waals surface area contributed by atoms with Gasteiger partial charge in [-0.3, -0.25) is 4.79 Å². The summed E-state index contributed by atoms with van der Waals surface area (Å²) in [4.78, 5) is 14.7. The van der Waals surface area contributed by atoms with Gasteiger partial charge in [-0.15, -0.1) is 0 Å². The van der Waals surface area contributed by atoms with Crippen molar-refractivity contribution in [1.82, 2.24) is 4.90 Å². The lowest BCUT2D eigenvalue weighted by molar-refractivity contribution is -0.181. The van der Waals surface area contributed by atoms with Crippen LogP contribution in [0.1, 0.15) is 48.5 Å². The van der Waals surface area contributed by atoms with Crippen molar-refractivity contribution in [2.75, 3.05) is 33.4 Å². The summed E-state index contributed by atoms with van der Waals surface area (Å²) in [6.07, 6.45) is 1.48. The van der Waals surface area contributed by atoms with E-state index in [4.69, 9.17) is 14.2 Å². The molecule has 0 aliphatic carbocycles. The minimum absolute atomic E-state index is 0.0717. The van der Waals surface area contributed by atoms with E-state index in [2.05, 4.69) is 13.8 Å². The molecule has 3 rings (SSSR count). The van der Waals surface area contributed by atoms with E-state index in [0.717, 1.165) is 29.7 Å². The summed E-state index contributed by atoms with van der Waals surface area (Å²) in [5.74, 6) is 0.770. The lowest BCUT2D eigenvalue weighted by Gasteiger charge is -2.37. The number of benzene rings is 1. The van der Waals surface area contributed by atoms with E-state index in [1.165, 1.54) is 0 Å². The second-order valence-electron chi connectivity index (χ2n) is 6.51. The Balaban J connectivity index is 1.72. The highest BCUT2D eigenvalue weighted by Crippen LogP contribution is 2.32. The molecule has 1 spiro atoms. The van der Waals surface area contributed by atoms with Crippen LogP contribution in [0, 0.1) is 0 Å². The van der Waals surface area contributed by atoms with E-state index in [1.54, 1.807) is 7.11 Å². The smallest absolute Gasteiger partial charge is 0.253 e. The van der Waals surface area contributed by atoms with Crippen molar-refractivity contribution in [1.29, 1.82) is 0 Å². The SMILES string of the molecule is COc1ccc(C(=O)N2CCC3(CC2)OCCO3)cc1C(C)C. The first-order valence-corrected chi connectivity index (χ1v) is 8.30. The Labute approximate surface area is 137 Å². The average molecular weight is 319 g/mol. The molecule has 2 saturated heterocycles. The zero-order valence-electron chi connectivity index (χ0n) is 14.1. The van der Waals surface area contributed by atoms with Gasteiger partial charge in [-0.2, -0.15) is 0 Å². The molecule has 1 aromatic rings. The lowest BCUT2D eigenvalue weighted by atomic mass is 9.98. The molecule has 2 heterocycles. The predicted molar refractivity (Wildman–Crippen MR) is 86.9 cm³/mol. The van der Waals surface area contributed by atoms with Crippen molar-refractivity contribution in [3.63, 3.8) is 0 Å². The van der Waals surface area contributed by atoms with Crippen LogP contribution >= 0.6 is 0 Å². The van der Waals surface area contributed by atoms with Crippen molar-refractivity contribution in [2.24, 2.45) is 0 Å². The molecule has 0 unspecified atom stereocenters. The van der Waals surface area contributed by atoms with Gasteiger partial charge in [0.25, 0.3) is 5.91 Å². The van der Waals surface area contributed by atoms with E-state index in [9.17, 15) is 4.79 Å². The van der Waals surface area contributed by atoms with Crippen LogP contribution in [0.5, 0.6) is 5.75 Å². The monoisotopic (exact) mass is 319 g/mol. The highest BCUT2D eigenvalue weighted by molar-refractivity contribution is 5.94. The van der Waals surface area contributed by atoms with Gasteiger partial charge in [0.1, 0.15) is 5.75 Å². The third kappa shape index (κ3) is 3.21. The van der Waals surface area contributed by atoms with E-state index < -0.39 is 5.79 Å². The molecule has 0 N–H and O–H groups in total. The number of rotatable bonds is 3. The maximum absolute atomic E-state index is 12.8. The molecule has 1 amide bonds. The largest absolute Gasteiger partial charge is 0.496 e.